The first-order valence-corrected chi connectivity index (χ1v) is 17.6. The van der Waals surface area contributed by atoms with Crippen molar-refractivity contribution in [1.29, 1.82) is 0 Å². The Morgan fingerprint density at radius 3 is 2.08 bits per heavy atom. The van der Waals surface area contributed by atoms with Crippen molar-refractivity contribution in [3.63, 3.8) is 0 Å². The molecule has 0 spiro atoms. The number of ether oxygens (including phenoxy) is 7. The average Bonchev–Trinajstić information content (AvgIpc) is 3.12. The number of carbonyl (C=O) groups is 1. The van der Waals surface area contributed by atoms with Crippen molar-refractivity contribution in [1.82, 2.24) is 0 Å². The van der Waals surface area contributed by atoms with E-state index in [0.717, 1.165) is 11.6 Å². The Hall–Kier alpha value is -2.81. The van der Waals surface area contributed by atoms with Crippen LogP contribution >= 0.6 is 0 Å². The molecule has 16 heteroatoms. The molecule has 4 rings (SSSR count). The Morgan fingerprint density at radius 1 is 0.811 bits per heavy atom. The first kappa shape index (κ1) is 42.9. The number of allylic oxidation sites excluding steroid dienone is 2. The molecule has 1 aromatic rings. The number of hydrogen-bond donors (Lipinski definition) is 8. The van der Waals surface area contributed by atoms with Gasteiger partial charge in [0.1, 0.15) is 60.7 Å². The van der Waals surface area contributed by atoms with E-state index in [4.69, 9.17) is 33.2 Å². The van der Waals surface area contributed by atoms with Gasteiger partial charge in [-0.2, -0.15) is 0 Å². The number of phenols is 1. The van der Waals surface area contributed by atoms with E-state index >= 15 is 0 Å². The van der Waals surface area contributed by atoms with E-state index in [1.807, 2.05) is 19.9 Å². The van der Waals surface area contributed by atoms with Crippen LogP contribution in [0.5, 0.6) is 5.75 Å². The minimum absolute atomic E-state index is 0.0376. The molecule has 0 aromatic heterocycles. The van der Waals surface area contributed by atoms with Crippen molar-refractivity contribution >= 4 is 12.0 Å². The number of aliphatic hydroxyl groups is 7. The molecule has 3 aliphatic heterocycles. The molecule has 3 aliphatic rings. The third-order valence-electron chi connectivity index (χ3n) is 9.51. The summed E-state index contributed by atoms with van der Waals surface area (Å²) < 4.78 is 40.8. The molecule has 8 N–H and O–H groups in total. The quantitative estimate of drug-likeness (QED) is 0.0717. The molecule has 298 valence electrons. The second-order valence-electron chi connectivity index (χ2n) is 14.1. The number of esters is 1. The van der Waals surface area contributed by atoms with Gasteiger partial charge in [-0.25, -0.2) is 4.79 Å². The van der Waals surface area contributed by atoms with Gasteiger partial charge in [0.05, 0.1) is 24.4 Å². The van der Waals surface area contributed by atoms with Crippen LogP contribution in [0, 0.1) is 0 Å². The highest BCUT2D eigenvalue weighted by Gasteiger charge is 2.52. The van der Waals surface area contributed by atoms with Crippen molar-refractivity contribution in [2.24, 2.45) is 0 Å². The van der Waals surface area contributed by atoms with E-state index in [0.29, 0.717) is 18.4 Å². The Bertz CT molecular complexity index is 1400. The fourth-order valence-electron chi connectivity index (χ4n) is 6.11. The van der Waals surface area contributed by atoms with Crippen molar-refractivity contribution in [3.8, 4) is 5.75 Å². The topological polar surface area (TPSA) is 244 Å². The minimum atomic E-state index is -1.77. The van der Waals surface area contributed by atoms with Crippen LogP contribution in [0.25, 0.3) is 6.08 Å². The molecule has 16 atom stereocenters. The fourth-order valence-corrected chi connectivity index (χ4v) is 6.11. The predicted molar refractivity (Wildman–Crippen MR) is 186 cm³/mol. The highest BCUT2D eigenvalue weighted by atomic mass is 16.8. The average molecular weight is 755 g/mol. The zero-order chi connectivity index (χ0) is 39.2. The molecule has 53 heavy (non-hydrogen) atoms. The number of carbonyl (C=O) groups excluding carboxylic acids is 1. The molecular formula is C37H54O16. The van der Waals surface area contributed by atoms with Crippen LogP contribution in [0.1, 0.15) is 53.0 Å². The molecule has 16 unspecified atom stereocenters. The van der Waals surface area contributed by atoms with Crippen molar-refractivity contribution in [2.45, 2.75) is 145 Å². The van der Waals surface area contributed by atoms with Gasteiger partial charge >= 0.3 is 5.97 Å². The first-order valence-electron chi connectivity index (χ1n) is 17.6. The monoisotopic (exact) mass is 754 g/mol. The van der Waals surface area contributed by atoms with Crippen molar-refractivity contribution < 1.29 is 78.8 Å². The fraction of sp³-hybridized carbons (Fsp3) is 0.649. The van der Waals surface area contributed by atoms with Crippen LogP contribution in [-0.2, 0) is 38.0 Å². The van der Waals surface area contributed by atoms with E-state index < -0.39 is 110 Å². The number of rotatable bonds is 14. The molecule has 1 aromatic carbocycles. The van der Waals surface area contributed by atoms with E-state index in [2.05, 4.69) is 6.58 Å². The number of hydrogen-bond acceptors (Lipinski definition) is 16. The summed E-state index contributed by atoms with van der Waals surface area (Å²) >= 11 is 0. The maximum absolute atomic E-state index is 13.0. The lowest BCUT2D eigenvalue weighted by molar-refractivity contribution is -0.362. The van der Waals surface area contributed by atoms with E-state index in [9.17, 15) is 45.6 Å². The summed E-state index contributed by atoms with van der Waals surface area (Å²) in [7, 11) is 0. The predicted octanol–water partition coefficient (Wildman–Crippen LogP) is 0.168. The first-order chi connectivity index (χ1) is 24.9. The molecule has 0 radical (unpaired) electrons. The lowest BCUT2D eigenvalue weighted by Crippen LogP contribution is -2.64. The molecule has 16 nitrogen and oxygen atoms in total. The van der Waals surface area contributed by atoms with Gasteiger partial charge < -0.3 is 74.0 Å². The SMILES string of the molecule is C=CC(C)(CCC=C(C)C)OC1OC(COC2OC(C)C(OC(=O)C=Cc3ccc(O)cc3)C(OC3OC(C)C(O)C(O)C3O)C2O)C(O)C(O)C1O. The Labute approximate surface area is 308 Å². The van der Waals surface area contributed by atoms with Crippen LogP contribution in [0.15, 0.2) is 54.6 Å². The number of aromatic hydroxyl groups is 1. The molecule has 0 amide bonds. The van der Waals surface area contributed by atoms with Crippen molar-refractivity contribution in [3.05, 3.63) is 60.2 Å². The molecule has 0 bridgehead atoms. The summed E-state index contributed by atoms with van der Waals surface area (Å²) in [5.74, 6) is -0.826. The minimum Gasteiger partial charge on any atom is -0.508 e. The van der Waals surface area contributed by atoms with E-state index in [1.54, 1.807) is 25.1 Å². The summed E-state index contributed by atoms with van der Waals surface area (Å²) in [5.41, 5.74) is 0.701. The van der Waals surface area contributed by atoms with E-state index in [-0.39, 0.29) is 5.75 Å². The molecule has 3 heterocycles. The normalized spacial score (nSPS) is 38.9. The van der Waals surface area contributed by atoms with Gasteiger partial charge in [-0.05, 0) is 71.2 Å². The highest BCUT2D eigenvalue weighted by molar-refractivity contribution is 5.87. The number of aliphatic hydroxyl groups excluding tert-OH is 7. The van der Waals surface area contributed by atoms with Crippen LogP contribution in [0.4, 0.5) is 0 Å². The van der Waals surface area contributed by atoms with Gasteiger partial charge in [-0.3, -0.25) is 0 Å². The van der Waals surface area contributed by atoms with Gasteiger partial charge in [0.25, 0.3) is 0 Å². The molecule has 3 fully saturated rings. The van der Waals surface area contributed by atoms with Crippen LogP contribution in [0.2, 0.25) is 0 Å². The maximum atomic E-state index is 13.0. The van der Waals surface area contributed by atoms with Gasteiger partial charge in [0.15, 0.2) is 25.0 Å². The van der Waals surface area contributed by atoms with Gasteiger partial charge in [0, 0.05) is 6.08 Å². The second kappa shape index (κ2) is 18.7. The largest absolute Gasteiger partial charge is 0.508 e. The second-order valence-corrected chi connectivity index (χ2v) is 14.1. The Balaban J connectivity index is 1.50. The maximum Gasteiger partial charge on any atom is 0.331 e. The third-order valence-corrected chi connectivity index (χ3v) is 9.51. The number of benzene rings is 1. The molecule has 0 saturated carbocycles. The molecule has 3 saturated heterocycles. The molecular weight excluding hydrogens is 700 g/mol. The lowest BCUT2D eigenvalue weighted by Gasteiger charge is -2.47. The third kappa shape index (κ3) is 10.9. The number of phenolic OH excluding ortho intramolecular Hbond substituents is 1. The Kier molecular flexibility index (Phi) is 15.1. The summed E-state index contributed by atoms with van der Waals surface area (Å²) in [5, 5.41) is 84.5. The standard InChI is InChI=1S/C37H54O16/c1-7-37(6,16-8-9-18(2)3)53-36-30(45)28(43)26(41)23(50-36)17-47-34-31(46)33(52-35-29(44)27(42)25(40)19(4)48-35)32(20(5)49-34)51-24(39)15-12-21-10-13-22(38)14-11-21/h7,9-15,19-20,23,25-36,38,40-46H,1,8,16-17H2,2-6H3. The van der Waals surface area contributed by atoms with Gasteiger partial charge in [0.2, 0.25) is 0 Å². The summed E-state index contributed by atoms with van der Waals surface area (Å²) in [6.45, 7) is 11.9. The zero-order valence-corrected chi connectivity index (χ0v) is 30.5. The molecule has 0 aliphatic carbocycles. The summed E-state index contributed by atoms with van der Waals surface area (Å²) in [6.07, 6.45) is -15.1. The van der Waals surface area contributed by atoms with Crippen LogP contribution < -0.4 is 0 Å². The van der Waals surface area contributed by atoms with Crippen molar-refractivity contribution in [2.75, 3.05) is 6.61 Å². The van der Waals surface area contributed by atoms with Crippen LogP contribution in [-0.4, -0.2) is 151 Å². The summed E-state index contributed by atoms with van der Waals surface area (Å²) in [6, 6.07) is 6.00. The Morgan fingerprint density at radius 2 is 1.43 bits per heavy atom. The van der Waals surface area contributed by atoms with Gasteiger partial charge in [-0.1, -0.05) is 29.9 Å². The van der Waals surface area contributed by atoms with Gasteiger partial charge in [-0.15, -0.1) is 6.58 Å². The van der Waals surface area contributed by atoms with Crippen LogP contribution in [0.3, 0.4) is 0 Å². The lowest BCUT2D eigenvalue weighted by atomic mass is 9.96. The smallest absolute Gasteiger partial charge is 0.331 e. The highest BCUT2D eigenvalue weighted by Crippen LogP contribution is 2.33. The zero-order valence-electron chi connectivity index (χ0n) is 30.5. The van der Waals surface area contributed by atoms with E-state index in [1.165, 1.54) is 32.1 Å². The summed E-state index contributed by atoms with van der Waals surface area (Å²) in [4.78, 5) is 13.0.